The van der Waals surface area contributed by atoms with Crippen molar-refractivity contribution < 1.29 is 0 Å². The Morgan fingerprint density at radius 3 is 2.69 bits per heavy atom. The summed E-state index contributed by atoms with van der Waals surface area (Å²) in [6, 6.07) is 4.18. The summed E-state index contributed by atoms with van der Waals surface area (Å²) in [6.45, 7) is 5.33. The van der Waals surface area contributed by atoms with Gasteiger partial charge in [-0.2, -0.15) is 0 Å². The second kappa shape index (κ2) is 4.85. The number of pyridine rings is 1. The van der Waals surface area contributed by atoms with Gasteiger partial charge in [0, 0.05) is 19.3 Å². The molecule has 2 heteroatoms. The van der Waals surface area contributed by atoms with Gasteiger partial charge in [-0.3, -0.25) is 4.98 Å². The van der Waals surface area contributed by atoms with Crippen molar-refractivity contribution >= 4 is 5.69 Å². The number of anilines is 1. The molecule has 0 spiro atoms. The first-order chi connectivity index (χ1) is 6.24. The van der Waals surface area contributed by atoms with Crippen LogP contribution in [0.25, 0.3) is 0 Å². The van der Waals surface area contributed by atoms with E-state index in [4.69, 9.17) is 0 Å². The van der Waals surface area contributed by atoms with Gasteiger partial charge in [0.1, 0.15) is 0 Å². The monoisotopic (exact) mass is 178 g/mol. The van der Waals surface area contributed by atoms with Crippen LogP contribution >= 0.6 is 0 Å². The Labute approximate surface area is 80.6 Å². The van der Waals surface area contributed by atoms with Gasteiger partial charge < -0.3 is 4.90 Å². The molecule has 1 aromatic rings. The minimum atomic E-state index is 1.08. The molecule has 0 saturated carbocycles. The molecule has 1 heterocycles. The third kappa shape index (κ3) is 3.05. The largest absolute Gasteiger partial charge is 0.373 e. The summed E-state index contributed by atoms with van der Waals surface area (Å²) < 4.78 is 0. The van der Waals surface area contributed by atoms with Crippen molar-refractivity contribution in [1.29, 1.82) is 0 Å². The van der Waals surface area contributed by atoms with E-state index in [9.17, 15) is 0 Å². The van der Waals surface area contributed by atoms with E-state index in [-0.39, 0.29) is 0 Å². The Bertz CT molecular complexity index is 241. The molecule has 2 nitrogen and oxygen atoms in total. The fourth-order valence-electron chi connectivity index (χ4n) is 1.21. The molecule has 0 aliphatic heterocycles. The highest BCUT2D eigenvalue weighted by Gasteiger charge is 1.98. The van der Waals surface area contributed by atoms with Gasteiger partial charge in [-0.25, -0.2) is 0 Å². The number of nitrogens with zero attached hydrogens (tertiary/aromatic N) is 2. The maximum Gasteiger partial charge on any atom is 0.0550 e. The van der Waals surface area contributed by atoms with Gasteiger partial charge in [0.05, 0.1) is 11.9 Å². The average molecular weight is 178 g/mol. The number of hydrogen-bond donors (Lipinski definition) is 0. The van der Waals surface area contributed by atoms with E-state index in [1.54, 1.807) is 0 Å². The third-order valence-corrected chi connectivity index (χ3v) is 2.18. The highest BCUT2D eigenvalue weighted by atomic mass is 15.1. The van der Waals surface area contributed by atoms with E-state index in [1.165, 1.54) is 18.5 Å². The Morgan fingerprint density at radius 1 is 1.38 bits per heavy atom. The minimum Gasteiger partial charge on any atom is -0.373 e. The highest BCUT2D eigenvalue weighted by molar-refractivity contribution is 5.43. The lowest BCUT2D eigenvalue weighted by molar-refractivity contribution is 0.765. The molecule has 0 aliphatic carbocycles. The molecule has 1 rings (SSSR count). The zero-order valence-corrected chi connectivity index (χ0v) is 8.75. The van der Waals surface area contributed by atoms with Crippen LogP contribution in [0.2, 0.25) is 0 Å². The van der Waals surface area contributed by atoms with Gasteiger partial charge in [0.25, 0.3) is 0 Å². The van der Waals surface area contributed by atoms with Gasteiger partial charge in [0.15, 0.2) is 0 Å². The number of hydrogen-bond acceptors (Lipinski definition) is 2. The molecule has 1 aromatic heterocycles. The topological polar surface area (TPSA) is 16.1 Å². The lowest BCUT2D eigenvalue weighted by atomic mass is 10.3. The van der Waals surface area contributed by atoms with Crippen LogP contribution in [-0.4, -0.2) is 18.6 Å². The van der Waals surface area contributed by atoms with Crippen molar-refractivity contribution in [2.75, 3.05) is 18.5 Å². The zero-order valence-electron chi connectivity index (χ0n) is 8.75. The Kier molecular flexibility index (Phi) is 3.74. The molecule has 72 valence electrons. The van der Waals surface area contributed by atoms with Gasteiger partial charge in [-0.05, 0) is 25.5 Å². The summed E-state index contributed by atoms with van der Waals surface area (Å²) in [5.74, 6) is 0. The molecule has 0 N–H and O–H groups in total. The van der Waals surface area contributed by atoms with E-state index < -0.39 is 0 Å². The third-order valence-electron chi connectivity index (χ3n) is 2.18. The minimum absolute atomic E-state index is 1.08. The van der Waals surface area contributed by atoms with Crippen LogP contribution in [0.4, 0.5) is 5.69 Å². The first-order valence-corrected chi connectivity index (χ1v) is 4.88. The Balaban J connectivity index is 2.55. The summed E-state index contributed by atoms with van der Waals surface area (Å²) in [7, 11) is 2.11. The first kappa shape index (κ1) is 10.0. The maximum atomic E-state index is 4.27. The van der Waals surface area contributed by atoms with Crippen LogP contribution in [0, 0.1) is 6.92 Å². The molecule has 0 aromatic carbocycles. The van der Waals surface area contributed by atoms with Crippen molar-refractivity contribution in [1.82, 2.24) is 4.98 Å². The van der Waals surface area contributed by atoms with Gasteiger partial charge in [-0.15, -0.1) is 0 Å². The molecule has 0 saturated heterocycles. The van der Waals surface area contributed by atoms with E-state index in [2.05, 4.69) is 36.0 Å². The second-order valence-corrected chi connectivity index (χ2v) is 3.43. The molecule has 0 unspecified atom stereocenters. The van der Waals surface area contributed by atoms with E-state index in [0.717, 1.165) is 12.2 Å². The predicted molar refractivity (Wildman–Crippen MR) is 57.2 cm³/mol. The van der Waals surface area contributed by atoms with Crippen LogP contribution in [0.5, 0.6) is 0 Å². The summed E-state index contributed by atoms with van der Waals surface area (Å²) in [6.07, 6.45) is 4.42. The Morgan fingerprint density at radius 2 is 2.15 bits per heavy atom. The molecule has 0 amide bonds. The molecule has 13 heavy (non-hydrogen) atoms. The lowest BCUT2D eigenvalue weighted by Gasteiger charge is -2.18. The highest BCUT2D eigenvalue weighted by Crippen LogP contribution is 2.11. The van der Waals surface area contributed by atoms with Gasteiger partial charge in [-0.1, -0.05) is 13.3 Å². The lowest BCUT2D eigenvalue weighted by Crippen LogP contribution is -2.18. The van der Waals surface area contributed by atoms with E-state index in [1.807, 2.05) is 13.1 Å². The van der Waals surface area contributed by atoms with Crippen molar-refractivity contribution in [2.45, 2.75) is 26.7 Å². The predicted octanol–water partition coefficient (Wildman–Crippen LogP) is 2.63. The molecule has 0 aliphatic rings. The fraction of sp³-hybridized carbons (Fsp3) is 0.545. The van der Waals surface area contributed by atoms with Crippen LogP contribution in [0.3, 0.4) is 0 Å². The second-order valence-electron chi connectivity index (χ2n) is 3.43. The van der Waals surface area contributed by atoms with Gasteiger partial charge in [0.2, 0.25) is 0 Å². The molecular weight excluding hydrogens is 160 g/mol. The smallest absolute Gasteiger partial charge is 0.0550 e. The van der Waals surface area contributed by atoms with Crippen LogP contribution in [-0.2, 0) is 0 Å². The number of aryl methyl sites for hydroxylation is 1. The summed E-state index contributed by atoms with van der Waals surface area (Å²) in [4.78, 5) is 6.51. The standard InChI is InChI=1S/C11H18N2/c1-4-5-8-13(3)11-7-6-10(2)12-9-11/h6-7,9H,4-5,8H2,1-3H3. The van der Waals surface area contributed by atoms with Crippen molar-refractivity contribution in [3.8, 4) is 0 Å². The van der Waals surface area contributed by atoms with E-state index >= 15 is 0 Å². The van der Waals surface area contributed by atoms with Gasteiger partial charge >= 0.3 is 0 Å². The number of rotatable bonds is 4. The van der Waals surface area contributed by atoms with Crippen molar-refractivity contribution in [3.05, 3.63) is 24.0 Å². The van der Waals surface area contributed by atoms with Crippen molar-refractivity contribution in [2.24, 2.45) is 0 Å². The van der Waals surface area contributed by atoms with E-state index in [0.29, 0.717) is 0 Å². The number of unbranched alkanes of at least 4 members (excludes halogenated alkanes) is 1. The normalized spacial score (nSPS) is 10.1. The number of aromatic nitrogens is 1. The summed E-state index contributed by atoms with van der Waals surface area (Å²) in [5.41, 5.74) is 2.28. The molecule has 0 atom stereocenters. The van der Waals surface area contributed by atoms with Crippen LogP contribution in [0.1, 0.15) is 25.5 Å². The quantitative estimate of drug-likeness (QED) is 0.704. The van der Waals surface area contributed by atoms with Crippen LogP contribution < -0.4 is 4.90 Å². The summed E-state index contributed by atoms with van der Waals surface area (Å²) >= 11 is 0. The average Bonchev–Trinajstić information content (AvgIpc) is 2.15. The molecule has 0 radical (unpaired) electrons. The van der Waals surface area contributed by atoms with Crippen molar-refractivity contribution in [3.63, 3.8) is 0 Å². The molecule has 0 bridgehead atoms. The maximum absolute atomic E-state index is 4.27. The van der Waals surface area contributed by atoms with Crippen LogP contribution in [0.15, 0.2) is 18.3 Å². The Hall–Kier alpha value is -1.05. The fourth-order valence-corrected chi connectivity index (χ4v) is 1.21. The SMILES string of the molecule is CCCCN(C)c1ccc(C)nc1. The summed E-state index contributed by atoms with van der Waals surface area (Å²) in [5, 5.41) is 0. The zero-order chi connectivity index (χ0) is 9.68. The molecular formula is C11H18N2. The molecule has 0 fully saturated rings. The first-order valence-electron chi connectivity index (χ1n) is 4.88.